The lowest BCUT2D eigenvalue weighted by atomic mass is 10.2. The maximum absolute atomic E-state index is 5.34. The molecule has 1 saturated heterocycles. The number of morpholine rings is 1. The van der Waals surface area contributed by atoms with Gasteiger partial charge in [0.25, 0.3) is 0 Å². The van der Waals surface area contributed by atoms with Crippen LogP contribution in [0.1, 0.15) is 18.2 Å². The van der Waals surface area contributed by atoms with E-state index >= 15 is 0 Å². The number of anilines is 1. The summed E-state index contributed by atoms with van der Waals surface area (Å²) in [6.45, 7) is 6.83. The molecule has 7 nitrogen and oxygen atoms in total. The molecule has 1 aliphatic rings. The number of nitrogens with two attached hydrogens (primary N) is 1. The van der Waals surface area contributed by atoms with E-state index in [0.717, 1.165) is 36.0 Å². The van der Waals surface area contributed by atoms with Crippen LogP contribution in [0.5, 0.6) is 0 Å². The van der Waals surface area contributed by atoms with Crippen LogP contribution in [0.15, 0.2) is 11.3 Å². The largest absolute Gasteiger partial charge is 0.378 e. The van der Waals surface area contributed by atoms with Gasteiger partial charge < -0.3 is 15.4 Å². The van der Waals surface area contributed by atoms with Gasteiger partial charge in [0.15, 0.2) is 5.11 Å². The van der Waals surface area contributed by atoms with E-state index < -0.39 is 0 Å². The van der Waals surface area contributed by atoms with Crippen LogP contribution in [0.2, 0.25) is 0 Å². The smallest absolute Gasteiger partial charge is 0.225 e. The van der Waals surface area contributed by atoms with E-state index in [9.17, 15) is 0 Å². The van der Waals surface area contributed by atoms with Gasteiger partial charge in [-0.1, -0.05) is 0 Å². The fourth-order valence-electron chi connectivity index (χ4n) is 1.92. The predicted molar refractivity (Wildman–Crippen MR) is 81.9 cm³/mol. The molecule has 20 heavy (non-hydrogen) atoms. The molecule has 108 valence electrons. The molecule has 0 amide bonds. The predicted octanol–water partition coefficient (Wildman–Crippen LogP) is 0.179. The van der Waals surface area contributed by atoms with E-state index in [-0.39, 0.29) is 5.11 Å². The van der Waals surface area contributed by atoms with E-state index in [4.69, 9.17) is 22.7 Å². The number of hydrogen-bond donors (Lipinski definition) is 2. The molecular formula is C12H18N6OS. The number of hydrazone groups is 1. The highest BCUT2D eigenvalue weighted by molar-refractivity contribution is 7.80. The van der Waals surface area contributed by atoms with Crippen LogP contribution in [0, 0.1) is 6.92 Å². The summed E-state index contributed by atoms with van der Waals surface area (Å²) in [5.74, 6) is 0.727. The third kappa shape index (κ3) is 3.61. The van der Waals surface area contributed by atoms with E-state index in [2.05, 4.69) is 25.4 Å². The highest BCUT2D eigenvalue weighted by Crippen LogP contribution is 2.13. The number of hydrogen-bond acceptors (Lipinski definition) is 6. The lowest BCUT2D eigenvalue weighted by Gasteiger charge is -2.27. The number of rotatable bonds is 3. The molecule has 1 aromatic rings. The van der Waals surface area contributed by atoms with Gasteiger partial charge in [-0.15, -0.1) is 0 Å². The van der Waals surface area contributed by atoms with E-state index in [1.165, 1.54) is 0 Å². The molecule has 0 unspecified atom stereocenters. The van der Waals surface area contributed by atoms with Crippen molar-refractivity contribution in [3.05, 3.63) is 17.5 Å². The van der Waals surface area contributed by atoms with Gasteiger partial charge in [0.2, 0.25) is 5.95 Å². The van der Waals surface area contributed by atoms with Crippen LogP contribution in [0.4, 0.5) is 5.95 Å². The van der Waals surface area contributed by atoms with Crippen LogP contribution in [-0.2, 0) is 4.74 Å². The van der Waals surface area contributed by atoms with Crippen LogP contribution in [0.3, 0.4) is 0 Å². The van der Waals surface area contributed by atoms with Gasteiger partial charge >= 0.3 is 0 Å². The van der Waals surface area contributed by atoms with E-state index in [1.54, 1.807) is 6.20 Å². The Morgan fingerprint density at radius 3 is 2.80 bits per heavy atom. The van der Waals surface area contributed by atoms with Crippen molar-refractivity contribution in [1.29, 1.82) is 0 Å². The number of ether oxygens (including phenoxy) is 1. The molecule has 1 fully saturated rings. The summed E-state index contributed by atoms with van der Waals surface area (Å²) in [4.78, 5) is 11.0. The minimum Gasteiger partial charge on any atom is -0.378 e. The minimum absolute atomic E-state index is 0.132. The molecule has 0 bridgehead atoms. The van der Waals surface area contributed by atoms with Crippen LogP contribution >= 0.6 is 12.2 Å². The summed E-state index contributed by atoms with van der Waals surface area (Å²) < 4.78 is 5.32. The Hall–Kier alpha value is -1.80. The van der Waals surface area contributed by atoms with Crippen molar-refractivity contribution in [3.63, 3.8) is 0 Å². The summed E-state index contributed by atoms with van der Waals surface area (Å²) >= 11 is 4.71. The normalized spacial score (nSPS) is 16.1. The molecule has 3 N–H and O–H groups in total. The second-order valence-corrected chi connectivity index (χ2v) is 4.88. The average Bonchev–Trinajstić information content (AvgIpc) is 2.45. The molecule has 8 heteroatoms. The first-order valence-electron chi connectivity index (χ1n) is 6.34. The Morgan fingerprint density at radius 1 is 1.50 bits per heavy atom. The van der Waals surface area contributed by atoms with Crippen molar-refractivity contribution in [2.45, 2.75) is 13.8 Å². The van der Waals surface area contributed by atoms with Gasteiger partial charge in [0, 0.05) is 24.8 Å². The molecule has 0 radical (unpaired) electrons. The fraction of sp³-hybridized carbons (Fsp3) is 0.500. The Labute approximate surface area is 123 Å². The molecule has 2 rings (SSSR count). The van der Waals surface area contributed by atoms with Crippen molar-refractivity contribution in [1.82, 2.24) is 15.4 Å². The molecule has 1 aromatic heterocycles. The van der Waals surface area contributed by atoms with E-state index in [0.29, 0.717) is 13.2 Å². The third-order valence-electron chi connectivity index (χ3n) is 2.98. The molecule has 0 saturated carbocycles. The minimum atomic E-state index is 0.132. The van der Waals surface area contributed by atoms with Crippen LogP contribution in [-0.4, -0.2) is 47.1 Å². The highest BCUT2D eigenvalue weighted by atomic mass is 32.1. The Balaban J connectivity index is 2.16. The molecular weight excluding hydrogens is 276 g/mol. The number of nitrogens with zero attached hydrogens (tertiary/aromatic N) is 4. The number of aryl methyl sites for hydroxylation is 1. The molecule has 1 aliphatic heterocycles. The van der Waals surface area contributed by atoms with Crippen molar-refractivity contribution in [2.24, 2.45) is 10.8 Å². The summed E-state index contributed by atoms with van der Waals surface area (Å²) in [5.41, 5.74) is 10.4. The molecule has 0 aromatic carbocycles. The SMILES string of the molecule is CC(=NNC(N)=S)c1cnc(N2CCOCC2)nc1C. The Morgan fingerprint density at radius 2 is 2.20 bits per heavy atom. The van der Waals surface area contributed by atoms with Crippen LogP contribution in [0.25, 0.3) is 0 Å². The number of thiocarbonyl (C=S) groups is 1. The lowest BCUT2D eigenvalue weighted by Crippen LogP contribution is -2.37. The van der Waals surface area contributed by atoms with Crippen molar-refractivity contribution in [2.75, 3.05) is 31.2 Å². The summed E-state index contributed by atoms with van der Waals surface area (Å²) in [6.07, 6.45) is 1.77. The van der Waals surface area contributed by atoms with Gasteiger partial charge in [0.1, 0.15) is 0 Å². The molecule has 0 aliphatic carbocycles. The van der Waals surface area contributed by atoms with Gasteiger partial charge in [-0.3, -0.25) is 5.43 Å². The first-order chi connectivity index (χ1) is 9.58. The zero-order valence-corrected chi connectivity index (χ0v) is 12.4. The van der Waals surface area contributed by atoms with Crippen molar-refractivity contribution >= 4 is 29.0 Å². The first-order valence-corrected chi connectivity index (χ1v) is 6.75. The van der Waals surface area contributed by atoms with Gasteiger partial charge in [-0.25, -0.2) is 9.97 Å². The van der Waals surface area contributed by atoms with Crippen molar-refractivity contribution in [3.8, 4) is 0 Å². The monoisotopic (exact) mass is 294 g/mol. The standard InChI is InChI=1S/C12H18N6OS/c1-8-10(9(2)16-17-11(13)20)7-14-12(15-8)18-3-5-19-6-4-18/h7H,3-6H2,1-2H3,(H3,13,17,20). The quantitative estimate of drug-likeness (QED) is 0.467. The second-order valence-electron chi connectivity index (χ2n) is 4.44. The molecule has 0 spiro atoms. The zero-order valence-electron chi connectivity index (χ0n) is 11.6. The number of aromatic nitrogens is 2. The van der Waals surface area contributed by atoms with Gasteiger partial charge in [0.05, 0.1) is 24.6 Å². The summed E-state index contributed by atoms with van der Waals surface area (Å²) in [6, 6.07) is 0. The average molecular weight is 294 g/mol. The second kappa shape index (κ2) is 6.58. The van der Waals surface area contributed by atoms with E-state index in [1.807, 2.05) is 13.8 Å². The lowest BCUT2D eigenvalue weighted by molar-refractivity contribution is 0.122. The Bertz CT molecular complexity index is 527. The Kier molecular flexibility index (Phi) is 4.80. The third-order valence-corrected chi connectivity index (χ3v) is 3.08. The van der Waals surface area contributed by atoms with Crippen LogP contribution < -0.4 is 16.1 Å². The summed E-state index contributed by atoms with van der Waals surface area (Å²) in [5, 5.41) is 4.22. The van der Waals surface area contributed by atoms with Gasteiger partial charge in [-0.05, 0) is 26.1 Å². The maximum Gasteiger partial charge on any atom is 0.225 e. The topological polar surface area (TPSA) is 88.7 Å². The number of nitrogens with one attached hydrogen (secondary N) is 1. The summed E-state index contributed by atoms with van der Waals surface area (Å²) in [7, 11) is 0. The van der Waals surface area contributed by atoms with Crippen molar-refractivity contribution < 1.29 is 4.74 Å². The fourth-order valence-corrected chi connectivity index (χ4v) is 1.97. The first kappa shape index (κ1) is 14.6. The molecule has 0 atom stereocenters. The maximum atomic E-state index is 5.34. The van der Waals surface area contributed by atoms with Gasteiger partial charge in [-0.2, -0.15) is 5.10 Å². The molecule has 2 heterocycles. The zero-order chi connectivity index (χ0) is 14.5. The highest BCUT2D eigenvalue weighted by Gasteiger charge is 2.15.